The third-order valence-electron chi connectivity index (χ3n) is 7.15. The number of anilines is 1. The molecule has 0 radical (unpaired) electrons. The van der Waals surface area contributed by atoms with Crippen molar-refractivity contribution < 1.29 is 4.79 Å². The predicted molar refractivity (Wildman–Crippen MR) is 113 cm³/mol. The third kappa shape index (κ3) is 2.76. The zero-order valence-electron chi connectivity index (χ0n) is 17.5. The van der Waals surface area contributed by atoms with Gasteiger partial charge in [-0.3, -0.25) is 4.79 Å². The molecule has 1 aromatic heterocycles. The maximum Gasteiger partial charge on any atom is 0.237 e. The number of carbonyl (C=O) groups is 1. The predicted octanol–water partition coefficient (Wildman–Crippen LogP) is 4.78. The Bertz CT molecular complexity index is 937. The molecule has 3 atom stereocenters. The summed E-state index contributed by atoms with van der Waals surface area (Å²) >= 11 is 1.38. The van der Waals surface area contributed by atoms with Gasteiger partial charge in [0, 0.05) is 17.0 Å². The highest BCUT2D eigenvalue weighted by Gasteiger charge is 2.61. The maximum absolute atomic E-state index is 12.7. The van der Waals surface area contributed by atoms with E-state index in [2.05, 4.69) is 36.3 Å². The first-order valence-corrected chi connectivity index (χ1v) is 10.8. The van der Waals surface area contributed by atoms with Crippen LogP contribution in [0.2, 0.25) is 0 Å². The second-order valence-electron chi connectivity index (χ2n) is 8.99. The van der Waals surface area contributed by atoms with Gasteiger partial charge < -0.3 is 5.32 Å². The number of nitrogens with zero attached hydrogens (tertiary/aromatic N) is 3. The summed E-state index contributed by atoms with van der Waals surface area (Å²) in [5.41, 5.74) is 5.37. The van der Waals surface area contributed by atoms with Crippen LogP contribution in [0.3, 0.4) is 0 Å². The molecule has 148 valence electrons. The maximum atomic E-state index is 12.7. The molecule has 6 heteroatoms. The normalized spacial score (nSPS) is 25.4. The largest absolute Gasteiger partial charge is 0.325 e. The van der Waals surface area contributed by atoms with Crippen molar-refractivity contribution >= 4 is 23.4 Å². The molecule has 5 nitrogen and oxygen atoms in total. The number of amides is 1. The summed E-state index contributed by atoms with van der Waals surface area (Å²) in [6, 6.07) is 6.01. The molecule has 2 aliphatic rings. The third-order valence-corrected chi connectivity index (χ3v) is 8.10. The minimum Gasteiger partial charge on any atom is -0.325 e. The van der Waals surface area contributed by atoms with Crippen LogP contribution in [0.1, 0.15) is 69.0 Å². The molecule has 2 aromatic rings. The summed E-state index contributed by atoms with van der Waals surface area (Å²) in [5.74, 6) is 0.399. The van der Waals surface area contributed by atoms with Crippen LogP contribution in [0.25, 0.3) is 0 Å². The van der Waals surface area contributed by atoms with E-state index in [1.165, 1.54) is 11.8 Å². The van der Waals surface area contributed by atoms with Crippen LogP contribution in [-0.2, 0) is 10.2 Å². The van der Waals surface area contributed by atoms with Crippen molar-refractivity contribution in [2.24, 2.45) is 5.41 Å². The van der Waals surface area contributed by atoms with E-state index in [4.69, 9.17) is 4.98 Å². The number of para-hydroxylation sites is 1. The monoisotopic (exact) mass is 396 g/mol. The topological polar surface area (TPSA) is 67.8 Å². The summed E-state index contributed by atoms with van der Waals surface area (Å²) in [7, 11) is 0. The minimum atomic E-state index is -0.307. The van der Waals surface area contributed by atoms with Gasteiger partial charge in [0.2, 0.25) is 11.1 Å². The van der Waals surface area contributed by atoms with Gasteiger partial charge >= 0.3 is 0 Å². The number of nitrogens with one attached hydrogen (secondary N) is 1. The molecule has 1 heterocycles. The zero-order valence-corrected chi connectivity index (χ0v) is 18.3. The molecule has 1 N–H and O–H groups in total. The fourth-order valence-corrected chi connectivity index (χ4v) is 5.57. The number of hydrogen-bond donors (Lipinski definition) is 1. The lowest BCUT2D eigenvalue weighted by Gasteiger charge is -2.34. The van der Waals surface area contributed by atoms with Gasteiger partial charge in [0.15, 0.2) is 0 Å². The van der Waals surface area contributed by atoms with Crippen LogP contribution in [0.15, 0.2) is 23.4 Å². The molecule has 0 unspecified atom stereocenters. The van der Waals surface area contributed by atoms with Crippen LogP contribution in [0, 0.1) is 19.3 Å². The molecule has 1 amide bonds. The molecular weight excluding hydrogens is 368 g/mol. The van der Waals surface area contributed by atoms with E-state index in [1.54, 1.807) is 0 Å². The second kappa shape index (κ2) is 6.55. The van der Waals surface area contributed by atoms with Crippen LogP contribution in [0.5, 0.6) is 0 Å². The van der Waals surface area contributed by atoms with E-state index < -0.39 is 0 Å². The average Bonchev–Trinajstić information content (AvgIpc) is 2.97. The number of hydrogen-bond acceptors (Lipinski definition) is 5. The number of fused-ring (bicyclic) bond motifs is 5. The number of rotatable bonds is 4. The van der Waals surface area contributed by atoms with Gasteiger partial charge in [0.1, 0.15) is 0 Å². The van der Waals surface area contributed by atoms with E-state index in [-0.39, 0.29) is 22.0 Å². The van der Waals surface area contributed by atoms with Crippen molar-refractivity contribution in [1.82, 2.24) is 15.2 Å². The number of benzene rings is 1. The van der Waals surface area contributed by atoms with Crippen LogP contribution >= 0.6 is 11.8 Å². The molecule has 4 rings (SSSR count). The number of carbonyl (C=O) groups excluding carboxylic acids is 1. The lowest BCUT2D eigenvalue weighted by atomic mass is 9.70. The van der Waals surface area contributed by atoms with E-state index in [1.807, 2.05) is 39.0 Å². The van der Waals surface area contributed by atoms with Gasteiger partial charge in [-0.1, -0.05) is 50.7 Å². The van der Waals surface area contributed by atoms with Crippen molar-refractivity contribution in [2.45, 2.75) is 76.1 Å². The molecule has 0 aliphatic heterocycles. The van der Waals surface area contributed by atoms with Crippen LogP contribution in [0.4, 0.5) is 5.69 Å². The van der Waals surface area contributed by atoms with Crippen LogP contribution in [-0.4, -0.2) is 26.3 Å². The number of aromatic nitrogens is 3. The Labute approximate surface area is 171 Å². The molecule has 1 saturated carbocycles. The smallest absolute Gasteiger partial charge is 0.237 e. The van der Waals surface area contributed by atoms with E-state index in [0.29, 0.717) is 11.1 Å². The Kier molecular flexibility index (Phi) is 4.53. The summed E-state index contributed by atoms with van der Waals surface area (Å²) in [6.07, 6.45) is 2.30. The number of aryl methyl sites for hydroxylation is 2. The highest BCUT2D eigenvalue weighted by atomic mass is 32.2. The molecule has 1 aromatic carbocycles. The van der Waals surface area contributed by atoms with Crippen molar-refractivity contribution in [3.63, 3.8) is 0 Å². The van der Waals surface area contributed by atoms with Crippen molar-refractivity contribution in [2.75, 3.05) is 5.32 Å². The molecule has 28 heavy (non-hydrogen) atoms. The fourth-order valence-electron chi connectivity index (χ4n) is 4.86. The summed E-state index contributed by atoms with van der Waals surface area (Å²) in [4.78, 5) is 17.6. The lowest BCUT2D eigenvalue weighted by Crippen LogP contribution is -2.32. The summed E-state index contributed by atoms with van der Waals surface area (Å²) in [5, 5.41) is 12.2. The Morgan fingerprint density at radius 1 is 1.21 bits per heavy atom. The quantitative estimate of drug-likeness (QED) is 0.753. The first-order chi connectivity index (χ1) is 13.1. The first-order valence-electron chi connectivity index (χ1n) is 9.94. The Balaban J connectivity index is 1.52. The van der Waals surface area contributed by atoms with Gasteiger partial charge in [0.25, 0.3) is 0 Å². The number of thioether (sulfide) groups is 1. The van der Waals surface area contributed by atoms with E-state index in [9.17, 15) is 4.79 Å². The average molecular weight is 397 g/mol. The zero-order chi connectivity index (χ0) is 20.3. The van der Waals surface area contributed by atoms with Gasteiger partial charge in [0.05, 0.1) is 16.6 Å². The van der Waals surface area contributed by atoms with Crippen LogP contribution < -0.4 is 5.32 Å². The molecular formula is C22H28N4OS. The summed E-state index contributed by atoms with van der Waals surface area (Å²) < 4.78 is 0. The minimum absolute atomic E-state index is 0.0421. The lowest BCUT2D eigenvalue weighted by molar-refractivity contribution is -0.115. The van der Waals surface area contributed by atoms with E-state index in [0.717, 1.165) is 41.0 Å². The molecule has 0 saturated heterocycles. The van der Waals surface area contributed by atoms with Gasteiger partial charge in [-0.25, -0.2) is 4.98 Å². The molecule has 2 aliphatic carbocycles. The second-order valence-corrected chi connectivity index (χ2v) is 10.3. The molecule has 1 fully saturated rings. The molecule has 0 spiro atoms. The van der Waals surface area contributed by atoms with Crippen molar-refractivity contribution in [1.29, 1.82) is 0 Å². The highest BCUT2D eigenvalue weighted by molar-refractivity contribution is 8.00. The van der Waals surface area contributed by atoms with Gasteiger partial charge in [-0.15, -0.1) is 5.10 Å². The first kappa shape index (κ1) is 19.4. The van der Waals surface area contributed by atoms with Gasteiger partial charge in [-0.05, 0) is 50.2 Å². The van der Waals surface area contributed by atoms with Crippen molar-refractivity contribution in [3.8, 4) is 0 Å². The van der Waals surface area contributed by atoms with E-state index >= 15 is 0 Å². The Morgan fingerprint density at radius 2 is 1.89 bits per heavy atom. The molecule has 2 bridgehead atoms. The Morgan fingerprint density at radius 3 is 2.57 bits per heavy atom. The van der Waals surface area contributed by atoms with Gasteiger partial charge in [-0.2, -0.15) is 5.10 Å². The Hall–Kier alpha value is -1.95. The van der Waals surface area contributed by atoms with Crippen molar-refractivity contribution in [3.05, 3.63) is 40.7 Å². The highest BCUT2D eigenvalue weighted by Crippen LogP contribution is 2.66. The SMILES string of the molecule is Cc1cccc(C)c1NC(=O)[C@@H](C)Sc1nnc2c(n1)[C@@]1(C)CC[C@H]2C1(C)C. The standard InChI is InChI=1S/C22H28N4OS/c1-12-8-7-9-13(2)16(12)23-19(27)14(3)28-20-24-18-17(25-26-20)15-10-11-22(18,6)21(15,4)5/h7-9,14-15H,10-11H2,1-6H3,(H,23,27)/t14-,15-,22-/m1/s1. The summed E-state index contributed by atoms with van der Waals surface area (Å²) in [6.45, 7) is 12.8. The fraction of sp³-hybridized carbons (Fsp3) is 0.545.